The smallest absolute Gasteiger partial charge is 0.450 e. The van der Waals surface area contributed by atoms with Crippen molar-refractivity contribution < 1.29 is 23.1 Å². The second kappa shape index (κ2) is 3.92. The van der Waals surface area contributed by atoms with E-state index in [4.69, 9.17) is 0 Å². The summed E-state index contributed by atoms with van der Waals surface area (Å²) in [6, 6.07) is 4.02. The van der Waals surface area contributed by atoms with Crippen LogP contribution in [0.4, 0.5) is 13.2 Å². The number of phenols is 1. The number of ketones is 1. The van der Waals surface area contributed by atoms with Crippen LogP contribution in [-0.4, -0.2) is 17.1 Å². The molecule has 15 heavy (non-hydrogen) atoms. The van der Waals surface area contributed by atoms with Gasteiger partial charge in [0.15, 0.2) is 0 Å². The van der Waals surface area contributed by atoms with E-state index in [-0.39, 0.29) is 11.3 Å². The fourth-order valence-corrected chi connectivity index (χ4v) is 1.05. The standard InChI is InChI=1S/C10H9F3O2/c1-6-2-3-7(4-8(6)14)5-9(15)10(11,12)13/h2-4,14H,5H2,1H3. The molecule has 0 spiro atoms. The Hall–Kier alpha value is -1.52. The van der Waals surface area contributed by atoms with Gasteiger partial charge in [0.25, 0.3) is 0 Å². The van der Waals surface area contributed by atoms with Crippen molar-refractivity contribution in [2.24, 2.45) is 0 Å². The van der Waals surface area contributed by atoms with Gasteiger partial charge in [0.05, 0.1) is 0 Å². The fraction of sp³-hybridized carbons (Fsp3) is 0.300. The zero-order valence-corrected chi connectivity index (χ0v) is 7.93. The summed E-state index contributed by atoms with van der Waals surface area (Å²) >= 11 is 0. The number of halogens is 3. The molecule has 1 aromatic carbocycles. The van der Waals surface area contributed by atoms with Crippen LogP contribution in [0.3, 0.4) is 0 Å². The first-order valence-corrected chi connectivity index (χ1v) is 4.19. The Morgan fingerprint density at radius 2 is 2.00 bits per heavy atom. The fourth-order valence-electron chi connectivity index (χ4n) is 1.05. The first kappa shape index (κ1) is 11.6. The number of Topliss-reactive ketones (excluding diaryl/α,β-unsaturated/α-hetero) is 1. The molecule has 0 aliphatic carbocycles. The third-order valence-electron chi connectivity index (χ3n) is 1.95. The van der Waals surface area contributed by atoms with E-state index < -0.39 is 18.4 Å². The second-order valence-corrected chi connectivity index (χ2v) is 3.22. The van der Waals surface area contributed by atoms with Crippen LogP contribution in [0.5, 0.6) is 5.75 Å². The average molecular weight is 218 g/mol. The highest BCUT2D eigenvalue weighted by Gasteiger charge is 2.37. The Morgan fingerprint density at radius 3 is 2.47 bits per heavy atom. The Morgan fingerprint density at radius 1 is 1.40 bits per heavy atom. The Labute approximate surface area is 84.3 Å². The molecule has 0 fully saturated rings. The quantitative estimate of drug-likeness (QED) is 0.827. The lowest BCUT2D eigenvalue weighted by Crippen LogP contribution is -2.24. The van der Waals surface area contributed by atoms with Gasteiger partial charge in [0.1, 0.15) is 5.75 Å². The van der Waals surface area contributed by atoms with Gasteiger partial charge in [-0.25, -0.2) is 0 Å². The molecule has 0 amide bonds. The molecular formula is C10H9F3O2. The molecular weight excluding hydrogens is 209 g/mol. The van der Waals surface area contributed by atoms with Gasteiger partial charge >= 0.3 is 6.18 Å². The summed E-state index contributed by atoms with van der Waals surface area (Å²) in [6.07, 6.45) is -5.56. The van der Waals surface area contributed by atoms with E-state index in [2.05, 4.69) is 0 Å². The third kappa shape index (κ3) is 2.97. The maximum atomic E-state index is 11.9. The predicted molar refractivity (Wildman–Crippen MR) is 47.6 cm³/mol. The first-order chi connectivity index (χ1) is 6.80. The van der Waals surface area contributed by atoms with Crippen molar-refractivity contribution in [2.75, 3.05) is 0 Å². The Kier molecular flexibility index (Phi) is 3.02. The molecule has 0 saturated carbocycles. The molecule has 0 unspecified atom stereocenters. The van der Waals surface area contributed by atoms with E-state index in [1.165, 1.54) is 18.2 Å². The Balaban J connectivity index is 2.83. The van der Waals surface area contributed by atoms with E-state index in [0.717, 1.165) is 0 Å². The van der Waals surface area contributed by atoms with Gasteiger partial charge in [-0.1, -0.05) is 12.1 Å². The van der Waals surface area contributed by atoms with E-state index in [0.29, 0.717) is 5.56 Å². The van der Waals surface area contributed by atoms with E-state index in [1.54, 1.807) is 6.92 Å². The average Bonchev–Trinajstić information content (AvgIpc) is 2.10. The van der Waals surface area contributed by atoms with Crippen molar-refractivity contribution in [3.8, 4) is 5.75 Å². The lowest BCUT2D eigenvalue weighted by molar-refractivity contribution is -0.170. The van der Waals surface area contributed by atoms with Crippen LogP contribution in [0, 0.1) is 6.92 Å². The minimum absolute atomic E-state index is 0.109. The predicted octanol–water partition coefficient (Wildman–Crippen LogP) is 2.37. The number of phenolic OH excluding ortho intramolecular Hbond substituents is 1. The molecule has 1 rings (SSSR count). The van der Waals surface area contributed by atoms with Crippen LogP contribution < -0.4 is 0 Å². The summed E-state index contributed by atoms with van der Waals surface area (Å²) in [4.78, 5) is 10.6. The molecule has 82 valence electrons. The summed E-state index contributed by atoms with van der Waals surface area (Å²) in [7, 11) is 0. The number of carbonyl (C=O) groups is 1. The van der Waals surface area contributed by atoms with Gasteiger partial charge in [-0.05, 0) is 24.1 Å². The van der Waals surface area contributed by atoms with Gasteiger partial charge in [0, 0.05) is 6.42 Å². The van der Waals surface area contributed by atoms with Gasteiger partial charge in [-0.3, -0.25) is 4.79 Å². The van der Waals surface area contributed by atoms with Crippen LogP contribution in [0.2, 0.25) is 0 Å². The van der Waals surface area contributed by atoms with Crippen LogP contribution in [-0.2, 0) is 11.2 Å². The van der Waals surface area contributed by atoms with E-state index in [1.807, 2.05) is 0 Å². The van der Waals surface area contributed by atoms with Crippen LogP contribution in [0.15, 0.2) is 18.2 Å². The lowest BCUT2D eigenvalue weighted by Gasteiger charge is -2.06. The highest BCUT2D eigenvalue weighted by molar-refractivity contribution is 5.86. The zero-order chi connectivity index (χ0) is 11.6. The molecule has 0 atom stereocenters. The zero-order valence-electron chi connectivity index (χ0n) is 7.93. The minimum Gasteiger partial charge on any atom is -0.508 e. The summed E-state index contributed by atoms with van der Waals surface area (Å²) in [5, 5.41) is 9.22. The van der Waals surface area contributed by atoms with E-state index in [9.17, 15) is 23.1 Å². The monoisotopic (exact) mass is 218 g/mol. The number of alkyl halides is 3. The number of rotatable bonds is 2. The van der Waals surface area contributed by atoms with Crippen molar-refractivity contribution in [2.45, 2.75) is 19.5 Å². The van der Waals surface area contributed by atoms with Crippen LogP contribution >= 0.6 is 0 Å². The van der Waals surface area contributed by atoms with Crippen molar-refractivity contribution in [3.05, 3.63) is 29.3 Å². The van der Waals surface area contributed by atoms with Gasteiger partial charge in [-0.2, -0.15) is 13.2 Å². The summed E-state index contributed by atoms with van der Waals surface area (Å²) in [5.74, 6) is -1.92. The van der Waals surface area contributed by atoms with Crippen LogP contribution in [0.25, 0.3) is 0 Å². The maximum absolute atomic E-state index is 11.9. The lowest BCUT2D eigenvalue weighted by atomic mass is 10.1. The number of benzene rings is 1. The van der Waals surface area contributed by atoms with Crippen molar-refractivity contribution in [1.29, 1.82) is 0 Å². The summed E-state index contributed by atoms with van der Waals surface area (Å²) in [5.41, 5.74) is 0.707. The number of carbonyl (C=O) groups excluding carboxylic acids is 1. The van der Waals surface area contributed by atoms with Gasteiger partial charge in [-0.15, -0.1) is 0 Å². The van der Waals surface area contributed by atoms with Crippen molar-refractivity contribution in [3.63, 3.8) is 0 Å². The molecule has 2 nitrogen and oxygen atoms in total. The molecule has 1 N–H and O–H groups in total. The maximum Gasteiger partial charge on any atom is 0.450 e. The topological polar surface area (TPSA) is 37.3 Å². The van der Waals surface area contributed by atoms with Crippen molar-refractivity contribution in [1.82, 2.24) is 0 Å². The normalized spacial score (nSPS) is 11.5. The summed E-state index contributed by atoms with van der Waals surface area (Å²) < 4.78 is 35.7. The Bertz CT molecular complexity index is 383. The van der Waals surface area contributed by atoms with Gasteiger partial charge in [0.2, 0.25) is 5.78 Å². The molecule has 1 aromatic rings. The first-order valence-electron chi connectivity index (χ1n) is 4.19. The number of hydrogen-bond donors (Lipinski definition) is 1. The van der Waals surface area contributed by atoms with E-state index >= 15 is 0 Å². The van der Waals surface area contributed by atoms with Crippen LogP contribution in [0.1, 0.15) is 11.1 Å². The molecule has 0 aliphatic rings. The molecule has 0 heterocycles. The molecule has 5 heteroatoms. The third-order valence-corrected chi connectivity index (χ3v) is 1.95. The number of aromatic hydroxyl groups is 1. The molecule has 0 radical (unpaired) electrons. The second-order valence-electron chi connectivity index (χ2n) is 3.22. The molecule has 0 saturated heterocycles. The number of hydrogen-bond acceptors (Lipinski definition) is 2. The summed E-state index contributed by atoms with van der Waals surface area (Å²) in [6.45, 7) is 1.62. The molecule has 0 aliphatic heterocycles. The van der Waals surface area contributed by atoms with Gasteiger partial charge < -0.3 is 5.11 Å². The minimum atomic E-state index is -4.82. The highest BCUT2D eigenvalue weighted by atomic mass is 19.4. The molecule has 0 bridgehead atoms. The molecule has 0 aromatic heterocycles. The largest absolute Gasteiger partial charge is 0.508 e. The SMILES string of the molecule is Cc1ccc(CC(=O)C(F)(F)F)cc1O. The van der Waals surface area contributed by atoms with Crippen molar-refractivity contribution >= 4 is 5.78 Å². The number of aryl methyl sites for hydroxylation is 1. The highest BCUT2D eigenvalue weighted by Crippen LogP contribution is 2.22.